The van der Waals surface area contributed by atoms with Gasteiger partial charge in [-0.1, -0.05) is 12.1 Å². The van der Waals surface area contributed by atoms with Gasteiger partial charge < -0.3 is 10.2 Å². The SMILES string of the molecule is Cc1ccc(C(=O)C2CCCN2C(=O)NC(C)C)cc1C. The van der Waals surface area contributed by atoms with Gasteiger partial charge in [-0.25, -0.2) is 4.79 Å². The molecule has 1 aromatic rings. The molecule has 1 aliphatic rings. The van der Waals surface area contributed by atoms with Gasteiger partial charge in [0, 0.05) is 18.2 Å². The first-order valence-corrected chi connectivity index (χ1v) is 7.58. The van der Waals surface area contributed by atoms with Crippen molar-refractivity contribution in [2.45, 2.75) is 52.6 Å². The van der Waals surface area contributed by atoms with Crippen LogP contribution in [0.2, 0.25) is 0 Å². The van der Waals surface area contributed by atoms with Crippen molar-refractivity contribution in [1.29, 1.82) is 0 Å². The minimum Gasteiger partial charge on any atom is -0.336 e. The van der Waals surface area contributed by atoms with Crippen LogP contribution in [0, 0.1) is 13.8 Å². The highest BCUT2D eigenvalue weighted by atomic mass is 16.2. The van der Waals surface area contributed by atoms with E-state index in [2.05, 4.69) is 5.32 Å². The van der Waals surface area contributed by atoms with Gasteiger partial charge in [0.1, 0.15) is 0 Å². The number of Topliss-reactive ketones (excluding diaryl/α,β-unsaturated/α-hetero) is 1. The van der Waals surface area contributed by atoms with Gasteiger partial charge in [0.05, 0.1) is 6.04 Å². The Bertz CT molecular complexity index is 552. The molecular weight excluding hydrogens is 264 g/mol. The van der Waals surface area contributed by atoms with Crippen LogP contribution >= 0.6 is 0 Å². The summed E-state index contributed by atoms with van der Waals surface area (Å²) in [6.07, 6.45) is 1.63. The molecular formula is C17H24N2O2. The fraction of sp³-hybridized carbons (Fsp3) is 0.529. The number of aryl methyl sites for hydroxylation is 2. The van der Waals surface area contributed by atoms with Crippen molar-refractivity contribution >= 4 is 11.8 Å². The molecule has 114 valence electrons. The second-order valence-corrected chi connectivity index (χ2v) is 6.12. The molecule has 2 rings (SSSR count). The number of hydrogen-bond acceptors (Lipinski definition) is 2. The van der Waals surface area contributed by atoms with Gasteiger partial charge in [0.2, 0.25) is 0 Å². The molecule has 0 radical (unpaired) electrons. The van der Waals surface area contributed by atoms with Gasteiger partial charge in [0.15, 0.2) is 5.78 Å². The average molecular weight is 288 g/mol. The van der Waals surface area contributed by atoms with Crippen molar-refractivity contribution in [2.24, 2.45) is 0 Å². The Morgan fingerprint density at radius 2 is 1.95 bits per heavy atom. The molecule has 4 nitrogen and oxygen atoms in total. The summed E-state index contributed by atoms with van der Waals surface area (Å²) >= 11 is 0. The van der Waals surface area contributed by atoms with Crippen LogP contribution in [0.5, 0.6) is 0 Å². The van der Waals surface area contributed by atoms with Gasteiger partial charge >= 0.3 is 6.03 Å². The smallest absolute Gasteiger partial charge is 0.318 e. The number of likely N-dealkylation sites (tertiary alicyclic amines) is 1. The van der Waals surface area contributed by atoms with E-state index in [-0.39, 0.29) is 23.9 Å². The van der Waals surface area contributed by atoms with E-state index in [1.54, 1.807) is 4.90 Å². The number of ketones is 1. The van der Waals surface area contributed by atoms with Crippen molar-refractivity contribution in [1.82, 2.24) is 10.2 Å². The third kappa shape index (κ3) is 3.43. The Morgan fingerprint density at radius 1 is 1.24 bits per heavy atom. The summed E-state index contributed by atoms with van der Waals surface area (Å²) in [4.78, 5) is 26.6. The molecule has 21 heavy (non-hydrogen) atoms. The average Bonchev–Trinajstić information content (AvgIpc) is 2.89. The quantitative estimate of drug-likeness (QED) is 0.869. The number of nitrogens with one attached hydrogen (secondary N) is 1. The van der Waals surface area contributed by atoms with E-state index in [1.807, 2.05) is 45.9 Å². The Labute approximate surface area is 126 Å². The fourth-order valence-corrected chi connectivity index (χ4v) is 2.70. The molecule has 1 N–H and O–H groups in total. The highest BCUT2D eigenvalue weighted by Crippen LogP contribution is 2.22. The molecule has 1 fully saturated rings. The lowest BCUT2D eigenvalue weighted by atomic mass is 9.98. The summed E-state index contributed by atoms with van der Waals surface area (Å²) in [6.45, 7) is 8.54. The topological polar surface area (TPSA) is 49.4 Å². The molecule has 1 atom stereocenters. The number of rotatable bonds is 3. The van der Waals surface area contributed by atoms with Crippen molar-refractivity contribution in [3.63, 3.8) is 0 Å². The zero-order valence-electron chi connectivity index (χ0n) is 13.3. The number of hydrogen-bond donors (Lipinski definition) is 1. The van der Waals surface area contributed by atoms with E-state index in [0.717, 1.165) is 18.4 Å². The maximum absolute atomic E-state index is 12.7. The molecule has 1 saturated heterocycles. The molecule has 1 aliphatic heterocycles. The third-order valence-electron chi connectivity index (χ3n) is 4.02. The normalized spacial score (nSPS) is 18.1. The molecule has 1 aromatic carbocycles. The van der Waals surface area contributed by atoms with Gasteiger partial charge in [-0.2, -0.15) is 0 Å². The van der Waals surface area contributed by atoms with Gasteiger partial charge in [0.25, 0.3) is 0 Å². The van der Waals surface area contributed by atoms with E-state index in [4.69, 9.17) is 0 Å². The lowest BCUT2D eigenvalue weighted by molar-refractivity contribution is 0.0886. The lowest BCUT2D eigenvalue weighted by Crippen LogP contribution is -2.47. The Balaban J connectivity index is 2.17. The number of urea groups is 1. The van der Waals surface area contributed by atoms with Gasteiger partial charge in [-0.3, -0.25) is 4.79 Å². The molecule has 2 amide bonds. The minimum atomic E-state index is -0.328. The van der Waals surface area contributed by atoms with Crippen LogP contribution in [0.4, 0.5) is 4.79 Å². The van der Waals surface area contributed by atoms with Crippen LogP contribution in [0.15, 0.2) is 18.2 Å². The van der Waals surface area contributed by atoms with Gasteiger partial charge in [-0.05, 0) is 57.7 Å². The standard InChI is InChI=1S/C17H24N2O2/c1-11(2)18-17(21)19-9-5-6-15(19)16(20)14-8-7-12(3)13(4)10-14/h7-8,10-11,15H,5-6,9H2,1-4H3,(H,18,21). The van der Waals surface area contributed by atoms with E-state index in [0.29, 0.717) is 12.1 Å². The lowest BCUT2D eigenvalue weighted by Gasteiger charge is -2.25. The largest absolute Gasteiger partial charge is 0.336 e. The summed E-state index contributed by atoms with van der Waals surface area (Å²) in [5, 5.41) is 2.88. The monoisotopic (exact) mass is 288 g/mol. The predicted octanol–water partition coefficient (Wildman–Crippen LogP) is 3.07. The molecule has 4 heteroatoms. The Kier molecular flexibility index (Phi) is 4.66. The van der Waals surface area contributed by atoms with Crippen LogP contribution in [-0.4, -0.2) is 35.3 Å². The first-order chi connectivity index (χ1) is 9.90. The summed E-state index contributed by atoms with van der Waals surface area (Å²) in [5.74, 6) is 0.0505. The zero-order chi connectivity index (χ0) is 15.6. The second kappa shape index (κ2) is 6.29. The molecule has 0 aromatic heterocycles. The number of nitrogens with zero attached hydrogens (tertiary/aromatic N) is 1. The number of carbonyl (C=O) groups is 2. The second-order valence-electron chi connectivity index (χ2n) is 6.12. The van der Waals surface area contributed by atoms with Crippen LogP contribution in [0.3, 0.4) is 0 Å². The molecule has 0 aliphatic carbocycles. The molecule has 1 unspecified atom stereocenters. The zero-order valence-corrected chi connectivity index (χ0v) is 13.3. The minimum absolute atomic E-state index is 0.0505. The first kappa shape index (κ1) is 15.5. The van der Waals surface area contributed by atoms with Crippen LogP contribution < -0.4 is 5.32 Å². The van der Waals surface area contributed by atoms with Crippen molar-refractivity contribution in [3.8, 4) is 0 Å². The molecule has 0 spiro atoms. The maximum Gasteiger partial charge on any atom is 0.318 e. The van der Waals surface area contributed by atoms with Crippen molar-refractivity contribution in [2.75, 3.05) is 6.54 Å². The first-order valence-electron chi connectivity index (χ1n) is 7.58. The summed E-state index contributed by atoms with van der Waals surface area (Å²) in [5.41, 5.74) is 2.98. The third-order valence-corrected chi connectivity index (χ3v) is 4.02. The summed E-state index contributed by atoms with van der Waals surface area (Å²) in [6, 6.07) is 5.37. The van der Waals surface area contributed by atoms with Crippen LogP contribution in [0.25, 0.3) is 0 Å². The van der Waals surface area contributed by atoms with E-state index in [9.17, 15) is 9.59 Å². The molecule has 1 heterocycles. The van der Waals surface area contributed by atoms with E-state index < -0.39 is 0 Å². The highest BCUT2D eigenvalue weighted by Gasteiger charge is 2.34. The molecule has 0 bridgehead atoms. The highest BCUT2D eigenvalue weighted by molar-refractivity contribution is 6.02. The summed E-state index contributed by atoms with van der Waals surface area (Å²) in [7, 11) is 0. The summed E-state index contributed by atoms with van der Waals surface area (Å²) < 4.78 is 0. The maximum atomic E-state index is 12.7. The van der Waals surface area contributed by atoms with Gasteiger partial charge in [-0.15, -0.1) is 0 Å². The van der Waals surface area contributed by atoms with E-state index in [1.165, 1.54) is 5.56 Å². The van der Waals surface area contributed by atoms with E-state index >= 15 is 0 Å². The molecule has 0 saturated carbocycles. The van der Waals surface area contributed by atoms with Crippen molar-refractivity contribution < 1.29 is 9.59 Å². The number of amides is 2. The Hall–Kier alpha value is -1.84. The van der Waals surface area contributed by atoms with Crippen LogP contribution in [-0.2, 0) is 0 Å². The predicted molar refractivity (Wildman–Crippen MR) is 83.6 cm³/mol. The van der Waals surface area contributed by atoms with Crippen molar-refractivity contribution in [3.05, 3.63) is 34.9 Å². The Morgan fingerprint density at radius 3 is 2.57 bits per heavy atom. The van der Waals surface area contributed by atoms with Crippen LogP contribution in [0.1, 0.15) is 48.2 Å². The number of carbonyl (C=O) groups excluding carboxylic acids is 2. The number of benzene rings is 1. The fourth-order valence-electron chi connectivity index (χ4n) is 2.70.